The van der Waals surface area contributed by atoms with E-state index in [9.17, 15) is 5.11 Å². The SMILES string of the molecule is OCC1CCC2CC3(CCC2C1)OCCO3. The second-order valence-electron chi connectivity index (χ2n) is 5.73. The maximum Gasteiger partial charge on any atom is 0.168 e. The Kier molecular flexibility index (Phi) is 2.94. The largest absolute Gasteiger partial charge is 0.396 e. The van der Waals surface area contributed by atoms with Gasteiger partial charge in [-0.25, -0.2) is 0 Å². The van der Waals surface area contributed by atoms with Crippen molar-refractivity contribution in [2.45, 2.75) is 44.3 Å². The van der Waals surface area contributed by atoms with Crippen molar-refractivity contribution in [1.82, 2.24) is 0 Å². The molecule has 3 heteroatoms. The number of fused-ring (bicyclic) bond motifs is 1. The average Bonchev–Trinajstić information content (AvgIpc) is 2.77. The lowest BCUT2D eigenvalue weighted by Gasteiger charge is -2.45. The van der Waals surface area contributed by atoms with E-state index in [0.29, 0.717) is 12.5 Å². The molecular formula is C13H22O3. The fourth-order valence-electron chi connectivity index (χ4n) is 3.88. The summed E-state index contributed by atoms with van der Waals surface area (Å²) < 4.78 is 11.6. The molecule has 2 aliphatic carbocycles. The molecule has 3 nitrogen and oxygen atoms in total. The van der Waals surface area contributed by atoms with Gasteiger partial charge in [-0.15, -0.1) is 0 Å². The highest BCUT2D eigenvalue weighted by Gasteiger charge is 2.46. The number of hydrogen-bond donors (Lipinski definition) is 1. The number of aliphatic hydroxyl groups is 1. The van der Waals surface area contributed by atoms with Crippen LogP contribution in [0, 0.1) is 17.8 Å². The quantitative estimate of drug-likeness (QED) is 0.742. The monoisotopic (exact) mass is 226 g/mol. The highest BCUT2D eigenvalue weighted by molar-refractivity contribution is 4.91. The van der Waals surface area contributed by atoms with Crippen molar-refractivity contribution >= 4 is 0 Å². The summed E-state index contributed by atoms with van der Waals surface area (Å²) in [4.78, 5) is 0. The highest BCUT2D eigenvalue weighted by atomic mass is 16.7. The van der Waals surface area contributed by atoms with Crippen LogP contribution in [0.5, 0.6) is 0 Å². The van der Waals surface area contributed by atoms with Crippen molar-refractivity contribution in [3.05, 3.63) is 0 Å². The van der Waals surface area contributed by atoms with E-state index in [1.54, 1.807) is 0 Å². The zero-order valence-electron chi connectivity index (χ0n) is 9.86. The van der Waals surface area contributed by atoms with Crippen molar-refractivity contribution in [3.63, 3.8) is 0 Å². The maximum atomic E-state index is 9.24. The molecule has 1 spiro atoms. The van der Waals surface area contributed by atoms with Gasteiger partial charge in [0.05, 0.1) is 13.2 Å². The van der Waals surface area contributed by atoms with E-state index >= 15 is 0 Å². The smallest absolute Gasteiger partial charge is 0.168 e. The van der Waals surface area contributed by atoms with E-state index in [1.165, 1.54) is 25.7 Å². The van der Waals surface area contributed by atoms with Gasteiger partial charge < -0.3 is 14.6 Å². The van der Waals surface area contributed by atoms with E-state index in [-0.39, 0.29) is 5.79 Å². The molecule has 0 bridgehead atoms. The molecule has 92 valence electrons. The first-order valence-electron chi connectivity index (χ1n) is 6.70. The van der Waals surface area contributed by atoms with E-state index in [4.69, 9.17) is 9.47 Å². The van der Waals surface area contributed by atoms with E-state index in [2.05, 4.69) is 0 Å². The van der Waals surface area contributed by atoms with Crippen molar-refractivity contribution in [1.29, 1.82) is 0 Å². The molecule has 0 aromatic carbocycles. The van der Waals surface area contributed by atoms with Crippen molar-refractivity contribution in [2.24, 2.45) is 17.8 Å². The third-order valence-electron chi connectivity index (χ3n) is 4.79. The summed E-state index contributed by atoms with van der Waals surface area (Å²) in [5.41, 5.74) is 0. The molecule has 3 rings (SSSR count). The van der Waals surface area contributed by atoms with Crippen LogP contribution >= 0.6 is 0 Å². The Morgan fingerprint density at radius 1 is 1.06 bits per heavy atom. The summed E-state index contributed by atoms with van der Waals surface area (Å²) >= 11 is 0. The van der Waals surface area contributed by atoms with E-state index in [0.717, 1.165) is 37.9 Å². The Hall–Kier alpha value is -0.120. The third kappa shape index (κ3) is 1.89. The van der Waals surface area contributed by atoms with Gasteiger partial charge in [-0.2, -0.15) is 0 Å². The Morgan fingerprint density at radius 2 is 1.88 bits per heavy atom. The first kappa shape index (κ1) is 11.0. The molecular weight excluding hydrogens is 204 g/mol. The van der Waals surface area contributed by atoms with Gasteiger partial charge in [0, 0.05) is 19.4 Å². The van der Waals surface area contributed by atoms with Gasteiger partial charge in [0.15, 0.2) is 5.79 Å². The Labute approximate surface area is 97.1 Å². The molecule has 0 aromatic rings. The number of ether oxygens (including phenoxy) is 2. The summed E-state index contributed by atoms with van der Waals surface area (Å²) in [6.07, 6.45) is 7.04. The van der Waals surface area contributed by atoms with Crippen LogP contribution in [0.2, 0.25) is 0 Å². The van der Waals surface area contributed by atoms with Crippen molar-refractivity contribution < 1.29 is 14.6 Å². The van der Waals surface area contributed by atoms with Crippen LogP contribution in [0.15, 0.2) is 0 Å². The lowest BCUT2D eigenvalue weighted by Crippen LogP contribution is -2.42. The predicted octanol–water partition coefficient (Wildman–Crippen LogP) is 1.94. The first-order chi connectivity index (χ1) is 7.81. The number of aliphatic hydroxyl groups excluding tert-OH is 1. The molecule has 1 N–H and O–H groups in total. The normalized spacial score (nSPS) is 42.2. The average molecular weight is 226 g/mol. The summed E-state index contributed by atoms with van der Waals surface area (Å²) in [6.45, 7) is 1.93. The van der Waals surface area contributed by atoms with Crippen LogP contribution in [0.25, 0.3) is 0 Å². The van der Waals surface area contributed by atoms with Gasteiger partial charge in [-0.1, -0.05) is 0 Å². The minimum Gasteiger partial charge on any atom is -0.396 e. The Morgan fingerprint density at radius 3 is 2.62 bits per heavy atom. The minimum atomic E-state index is -0.215. The molecule has 0 amide bonds. The van der Waals surface area contributed by atoms with Crippen LogP contribution in [0.1, 0.15) is 38.5 Å². The zero-order valence-corrected chi connectivity index (χ0v) is 9.86. The van der Waals surface area contributed by atoms with Gasteiger partial charge in [-0.3, -0.25) is 0 Å². The Bertz CT molecular complexity index is 248. The standard InChI is InChI=1S/C13H22O3/c14-9-10-1-2-12-8-13(15-5-6-16-13)4-3-11(12)7-10/h10-12,14H,1-9H2. The van der Waals surface area contributed by atoms with Crippen molar-refractivity contribution in [3.8, 4) is 0 Å². The molecule has 1 saturated heterocycles. The minimum absolute atomic E-state index is 0.215. The van der Waals surface area contributed by atoms with Crippen LogP contribution in [-0.4, -0.2) is 30.7 Å². The second kappa shape index (κ2) is 4.28. The van der Waals surface area contributed by atoms with Gasteiger partial charge in [0.2, 0.25) is 0 Å². The molecule has 16 heavy (non-hydrogen) atoms. The predicted molar refractivity (Wildman–Crippen MR) is 59.9 cm³/mol. The lowest BCUT2D eigenvalue weighted by molar-refractivity contribution is -0.199. The molecule has 3 aliphatic rings. The molecule has 2 saturated carbocycles. The molecule has 3 unspecified atom stereocenters. The molecule has 0 aromatic heterocycles. The van der Waals surface area contributed by atoms with Gasteiger partial charge in [0.25, 0.3) is 0 Å². The molecule has 3 fully saturated rings. The van der Waals surface area contributed by atoms with Crippen LogP contribution < -0.4 is 0 Å². The van der Waals surface area contributed by atoms with E-state index in [1.807, 2.05) is 0 Å². The van der Waals surface area contributed by atoms with Gasteiger partial charge in [0.1, 0.15) is 0 Å². The fourth-order valence-corrected chi connectivity index (χ4v) is 3.88. The summed E-state index contributed by atoms with van der Waals surface area (Å²) in [6, 6.07) is 0. The topological polar surface area (TPSA) is 38.7 Å². The van der Waals surface area contributed by atoms with Gasteiger partial charge in [-0.05, 0) is 43.4 Å². The molecule has 0 radical (unpaired) electrons. The van der Waals surface area contributed by atoms with Crippen LogP contribution in [-0.2, 0) is 9.47 Å². The summed E-state index contributed by atoms with van der Waals surface area (Å²) in [7, 11) is 0. The summed E-state index contributed by atoms with van der Waals surface area (Å²) in [5.74, 6) is 1.92. The number of rotatable bonds is 1. The lowest BCUT2D eigenvalue weighted by atomic mass is 9.66. The third-order valence-corrected chi connectivity index (χ3v) is 4.79. The second-order valence-corrected chi connectivity index (χ2v) is 5.73. The summed E-state index contributed by atoms with van der Waals surface area (Å²) in [5, 5.41) is 9.24. The first-order valence-corrected chi connectivity index (χ1v) is 6.70. The molecule has 3 atom stereocenters. The van der Waals surface area contributed by atoms with Crippen molar-refractivity contribution in [2.75, 3.05) is 19.8 Å². The zero-order chi connectivity index (χ0) is 11.0. The molecule has 1 aliphatic heterocycles. The number of hydrogen-bond acceptors (Lipinski definition) is 3. The maximum absolute atomic E-state index is 9.24. The Balaban J connectivity index is 1.64. The van der Waals surface area contributed by atoms with Crippen LogP contribution in [0.4, 0.5) is 0 Å². The van der Waals surface area contributed by atoms with Crippen LogP contribution in [0.3, 0.4) is 0 Å². The fraction of sp³-hybridized carbons (Fsp3) is 1.00. The highest BCUT2D eigenvalue weighted by Crippen LogP contribution is 2.48. The molecule has 1 heterocycles. The van der Waals surface area contributed by atoms with E-state index < -0.39 is 0 Å². The van der Waals surface area contributed by atoms with Gasteiger partial charge >= 0.3 is 0 Å².